The minimum Gasteiger partial charge on any atom is -0.350 e. The van der Waals surface area contributed by atoms with Crippen molar-refractivity contribution in [3.8, 4) is 0 Å². The third-order valence-corrected chi connectivity index (χ3v) is 3.15. The van der Waals surface area contributed by atoms with E-state index < -0.39 is 0 Å². The number of carbonyl (C=O) groups excluding carboxylic acids is 1. The fourth-order valence-electron chi connectivity index (χ4n) is 2.35. The van der Waals surface area contributed by atoms with Gasteiger partial charge in [0, 0.05) is 5.54 Å². The van der Waals surface area contributed by atoms with Gasteiger partial charge in [-0.2, -0.15) is 0 Å². The van der Waals surface area contributed by atoms with Crippen molar-refractivity contribution in [1.29, 1.82) is 0 Å². The maximum Gasteiger partial charge on any atom is 0.237 e. The van der Waals surface area contributed by atoms with Gasteiger partial charge in [-0.1, -0.05) is 32.1 Å². The molecular weight excluding hydrogens is 200 g/mol. The van der Waals surface area contributed by atoms with Gasteiger partial charge >= 0.3 is 0 Å². The van der Waals surface area contributed by atoms with Crippen LogP contribution in [0.15, 0.2) is 0 Å². The van der Waals surface area contributed by atoms with Crippen molar-refractivity contribution in [2.45, 2.75) is 70.9 Å². The first-order valence-corrected chi connectivity index (χ1v) is 6.46. The molecule has 3 heteroatoms. The van der Waals surface area contributed by atoms with Crippen molar-refractivity contribution in [1.82, 2.24) is 5.32 Å². The van der Waals surface area contributed by atoms with E-state index >= 15 is 0 Å². The number of rotatable bonds is 3. The molecule has 1 aliphatic rings. The number of hydrogen-bond donors (Lipinski definition) is 2. The second-order valence-corrected chi connectivity index (χ2v) is 6.09. The summed E-state index contributed by atoms with van der Waals surface area (Å²) in [6.07, 6.45) is 7.30. The summed E-state index contributed by atoms with van der Waals surface area (Å²) >= 11 is 0. The molecule has 0 spiro atoms. The lowest BCUT2D eigenvalue weighted by Crippen LogP contribution is -2.49. The molecule has 0 heterocycles. The zero-order chi connectivity index (χ0) is 12.2. The van der Waals surface area contributed by atoms with E-state index in [4.69, 9.17) is 5.73 Å². The maximum absolute atomic E-state index is 11.8. The number of amides is 1. The molecule has 0 aliphatic heterocycles. The van der Waals surface area contributed by atoms with E-state index in [0.717, 1.165) is 6.42 Å². The van der Waals surface area contributed by atoms with Crippen LogP contribution >= 0.6 is 0 Å². The molecule has 1 atom stereocenters. The fraction of sp³-hybridized carbons (Fsp3) is 0.923. The lowest BCUT2D eigenvalue weighted by atomic mass is 9.84. The van der Waals surface area contributed by atoms with E-state index in [1.807, 2.05) is 20.8 Å². The SMILES string of the molecule is CC(C)(C)NC(=O)[C@@H](N)CC1CCCCC1. The third-order valence-electron chi connectivity index (χ3n) is 3.15. The highest BCUT2D eigenvalue weighted by Crippen LogP contribution is 2.27. The van der Waals surface area contributed by atoms with E-state index in [2.05, 4.69) is 5.32 Å². The van der Waals surface area contributed by atoms with Gasteiger partial charge < -0.3 is 11.1 Å². The van der Waals surface area contributed by atoms with Crippen LogP contribution in [-0.4, -0.2) is 17.5 Å². The monoisotopic (exact) mass is 226 g/mol. The predicted octanol–water partition coefficient (Wildman–Crippen LogP) is 2.20. The molecule has 0 saturated heterocycles. The second kappa shape index (κ2) is 5.67. The standard InChI is InChI=1S/C13H26N2O/c1-13(2,3)15-12(16)11(14)9-10-7-5-4-6-8-10/h10-11H,4-9,14H2,1-3H3,(H,15,16)/t11-/m0/s1. The smallest absolute Gasteiger partial charge is 0.237 e. The Morgan fingerprint density at radius 1 is 1.31 bits per heavy atom. The van der Waals surface area contributed by atoms with Crippen molar-refractivity contribution in [2.75, 3.05) is 0 Å². The van der Waals surface area contributed by atoms with E-state index in [1.54, 1.807) is 0 Å². The fourth-order valence-corrected chi connectivity index (χ4v) is 2.35. The first-order valence-electron chi connectivity index (χ1n) is 6.46. The van der Waals surface area contributed by atoms with E-state index in [9.17, 15) is 4.79 Å². The first kappa shape index (κ1) is 13.5. The van der Waals surface area contributed by atoms with Crippen molar-refractivity contribution in [2.24, 2.45) is 11.7 Å². The molecule has 1 amide bonds. The van der Waals surface area contributed by atoms with Gasteiger partial charge in [0.15, 0.2) is 0 Å². The van der Waals surface area contributed by atoms with Gasteiger partial charge in [0.05, 0.1) is 6.04 Å². The van der Waals surface area contributed by atoms with Crippen molar-refractivity contribution >= 4 is 5.91 Å². The molecule has 0 bridgehead atoms. The van der Waals surface area contributed by atoms with Gasteiger partial charge in [0.1, 0.15) is 0 Å². The number of nitrogens with one attached hydrogen (secondary N) is 1. The molecule has 0 aromatic rings. The van der Waals surface area contributed by atoms with Crippen LogP contribution in [0.2, 0.25) is 0 Å². The Hall–Kier alpha value is -0.570. The van der Waals surface area contributed by atoms with Gasteiger partial charge in [-0.15, -0.1) is 0 Å². The maximum atomic E-state index is 11.8. The summed E-state index contributed by atoms with van der Waals surface area (Å²) in [5.74, 6) is 0.660. The average Bonchev–Trinajstić information content (AvgIpc) is 2.16. The molecule has 1 rings (SSSR count). The topological polar surface area (TPSA) is 55.1 Å². The van der Waals surface area contributed by atoms with Gasteiger partial charge in [-0.05, 0) is 33.1 Å². The van der Waals surface area contributed by atoms with Crippen LogP contribution in [0.5, 0.6) is 0 Å². The lowest BCUT2D eigenvalue weighted by Gasteiger charge is -2.27. The summed E-state index contributed by atoms with van der Waals surface area (Å²) < 4.78 is 0. The molecule has 0 unspecified atom stereocenters. The number of hydrogen-bond acceptors (Lipinski definition) is 2. The summed E-state index contributed by atoms with van der Waals surface area (Å²) in [6.45, 7) is 5.95. The van der Waals surface area contributed by atoms with E-state index in [0.29, 0.717) is 5.92 Å². The number of carbonyl (C=O) groups is 1. The minimum atomic E-state index is -0.331. The summed E-state index contributed by atoms with van der Waals surface area (Å²) in [4.78, 5) is 11.8. The first-order chi connectivity index (χ1) is 7.38. The van der Waals surface area contributed by atoms with Crippen LogP contribution in [0.3, 0.4) is 0 Å². The van der Waals surface area contributed by atoms with Crippen LogP contribution in [0, 0.1) is 5.92 Å². The molecule has 1 saturated carbocycles. The highest BCUT2D eigenvalue weighted by atomic mass is 16.2. The summed E-state index contributed by atoms with van der Waals surface area (Å²) in [6, 6.07) is -0.331. The molecule has 0 aromatic heterocycles. The summed E-state index contributed by atoms with van der Waals surface area (Å²) in [5, 5.41) is 2.94. The quantitative estimate of drug-likeness (QED) is 0.775. The third kappa shape index (κ3) is 4.97. The molecular formula is C13H26N2O. The zero-order valence-corrected chi connectivity index (χ0v) is 10.9. The van der Waals surface area contributed by atoms with Crippen molar-refractivity contribution < 1.29 is 4.79 Å². The van der Waals surface area contributed by atoms with Crippen molar-refractivity contribution in [3.05, 3.63) is 0 Å². The van der Waals surface area contributed by atoms with Crippen LogP contribution in [0.25, 0.3) is 0 Å². The minimum absolute atomic E-state index is 0.00178. The van der Waals surface area contributed by atoms with Gasteiger partial charge in [0.2, 0.25) is 5.91 Å². The Labute approximate surface area is 99.2 Å². The average molecular weight is 226 g/mol. The largest absolute Gasteiger partial charge is 0.350 e. The van der Waals surface area contributed by atoms with Gasteiger partial charge in [0.25, 0.3) is 0 Å². The highest BCUT2D eigenvalue weighted by molar-refractivity contribution is 5.82. The second-order valence-electron chi connectivity index (χ2n) is 6.09. The molecule has 3 nitrogen and oxygen atoms in total. The molecule has 1 aliphatic carbocycles. The van der Waals surface area contributed by atoms with Gasteiger partial charge in [-0.25, -0.2) is 0 Å². The Kier molecular flexibility index (Phi) is 4.78. The predicted molar refractivity (Wildman–Crippen MR) is 67.1 cm³/mol. The Morgan fingerprint density at radius 3 is 2.38 bits per heavy atom. The van der Waals surface area contributed by atoms with E-state index in [1.165, 1.54) is 32.1 Å². The summed E-state index contributed by atoms with van der Waals surface area (Å²) in [5.41, 5.74) is 5.76. The lowest BCUT2D eigenvalue weighted by molar-refractivity contribution is -0.124. The normalized spacial score (nSPS) is 20.5. The van der Waals surface area contributed by atoms with E-state index in [-0.39, 0.29) is 17.5 Å². The Balaban J connectivity index is 2.33. The molecule has 1 fully saturated rings. The van der Waals surface area contributed by atoms with Crippen LogP contribution in [0.1, 0.15) is 59.3 Å². The molecule has 0 radical (unpaired) electrons. The Morgan fingerprint density at radius 2 is 1.88 bits per heavy atom. The molecule has 16 heavy (non-hydrogen) atoms. The summed E-state index contributed by atoms with van der Waals surface area (Å²) in [7, 11) is 0. The van der Waals surface area contributed by atoms with Crippen LogP contribution in [0.4, 0.5) is 0 Å². The van der Waals surface area contributed by atoms with Crippen molar-refractivity contribution in [3.63, 3.8) is 0 Å². The van der Waals surface area contributed by atoms with Crippen LogP contribution < -0.4 is 11.1 Å². The molecule has 0 aromatic carbocycles. The molecule has 94 valence electrons. The number of nitrogens with two attached hydrogens (primary N) is 1. The van der Waals surface area contributed by atoms with Crippen LogP contribution in [-0.2, 0) is 4.79 Å². The zero-order valence-electron chi connectivity index (χ0n) is 10.9. The Bertz CT molecular complexity index is 227. The highest BCUT2D eigenvalue weighted by Gasteiger charge is 2.23. The molecule has 3 N–H and O–H groups in total. The van der Waals surface area contributed by atoms with Gasteiger partial charge in [-0.3, -0.25) is 4.79 Å².